The van der Waals surface area contributed by atoms with Crippen LogP contribution in [-0.4, -0.2) is 50.2 Å². The fraction of sp³-hybridized carbons (Fsp3) is 0.192. The molecule has 146 heavy (non-hydrogen) atoms. The molecular formula is C125H114F5N10O3Pt3-3. The molecule has 18 aromatic rings. The Morgan fingerprint density at radius 1 is 0.247 bits per heavy atom. The first-order valence-corrected chi connectivity index (χ1v) is 47.6. The van der Waals surface area contributed by atoms with Crippen LogP contribution in [0, 0.1) is 47.5 Å². The van der Waals surface area contributed by atoms with Gasteiger partial charge in [-0.2, -0.15) is 0 Å². The maximum absolute atomic E-state index is 16.0. The van der Waals surface area contributed by atoms with E-state index in [1.807, 2.05) is 157 Å². The van der Waals surface area contributed by atoms with Crippen LogP contribution in [-0.2, 0) is 95.7 Å². The van der Waals surface area contributed by atoms with Crippen molar-refractivity contribution < 1.29 is 100 Å². The monoisotopic (exact) mass is 2480 g/mol. The van der Waals surface area contributed by atoms with E-state index in [0.717, 1.165) is 67.4 Å². The maximum atomic E-state index is 16.0. The molecule has 0 aliphatic rings. The topological polar surface area (TPSA) is 161 Å². The number of hydrogen-bond donors (Lipinski definition) is 3. The van der Waals surface area contributed by atoms with E-state index >= 15 is 22.0 Å². The van der Waals surface area contributed by atoms with Gasteiger partial charge in [0.1, 0.15) is 40.6 Å². The normalized spacial score (nSPS) is 11.6. The van der Waals surface area contributed by atoms with Crippen molar-refractivity contribution in [2.24, 2.45) is 0 Å². The van der Waals surface area contributed by atoms with E-state index in [4.69, 9.17) is 15.0 Å². The van der Waals surface area contributed by atoms with Crippen molar-refractivity contribution in [1.82, 2.24) is 34.9 Å². The van der Waals surface area contributed by atoms with E-state index in [0.29, 0.717) is 79.5 Å². The summed E-state index contributed by atoms with van der Waals surface area (Å²) in [6, 6.07) is 110. The number of halogens is 5. The summed E-state index contributed by atoms with van der Waals surface area (Å²) in [5, 5.41) is 32.6. The molecule has 0 spiro atoms. The van der Waals surface area contributed by atoms with Gasteiger partial charge in [0.2, 0.25) is 0 Å². The van der Waals surface area contributed by atoms with Gasteiger partial charge in [-0.15, -0.1) is 29.8 Å². The summed E-state index contributed by atoms with van der Waals surface area (Å²) in [5.41, 5.74) is 18.4. The molecule has 0 amide bonds. The third-order valence-corrected chi connectivity index (χ3v) is 24.8. The van der Waals surface area contributed by atoms with E-state index in [1.165, 1.54) is 23.3 Å². The van der Waals surface area contributed by atoms with Crippen LogP contribution < -0.4 is 14.7 Å². The standard InChI is InChI=1S/C42H38F2N3O.C42H39FN3O.C41H37F2N4O.3Pt/c1-41(2,3)29-20-27(21-30(24-29)42(4,5)6)28-22-36(32-16-10-11-17-39(32)48)46-37(23-28)33-25-38(35(44)26-34(33)43)47(31-14-8-7-9-15-31)40-18-12-13-19-45-40;1-41(2,3)31-20-28(21-32(26-31)42(4,5)6)29-24-37(45-38(25-29)36-16-10-11-17-39(36)47)30-22-33(43)27-35(23-30)46(34-14-8-7-9-15-34)40-18-12-13-19-44-40;1-40(2,3)28-20-26(21-29(24-28)41(4,5)6)27-22-33(31-16-10-11-17-36(31)48)45-34(23-27)32-25-35(39(43)46-38(32)42)47(30-14-8-7-9-15-30)37-18-12-13-19-44-37;;;/h7-24,26,48H,1-6H3;7-22,24-27,47H,1-6H3;7-24,48H,1-6H3;;;/q3*-1;;;. The molecule has 7 aromatic heterocycles. The number of phenolic OH excluding ortho intramolecular Hbond substituents is 3. The quantitative estimate of drug-likeness (QED) is 0.0423. The first kappa shape index (κ1) is 109. The molecule has 21 heteroatoms. The summed E-state index contributed by atoms with van der Waals surface area (Å²) in [4.78, 5) is 36.9. The number of pyridine rings is 7. The maximum Gasteiger partial charge on any atom is 0.152 e. The minimum Gasteiger partial charge on any atom is -0.507 e. The largest absolute Gasteiger partial charge is 0.507 e. The Morgan fingerprint density at radius 3 is 0.877 bits per heavy atom. The van der Waals surface area contributed by atoms with Gasteiger partial charge in [0.15, 0.2) is 5.95 Å². The van der Waals surface area contributed by atoms with Crippen molar-refractivity contribution in [3.05, 3.63) is 427 Å². The Bertz CT molecular complexity index is 7130. The van der Waals surface area contributed by atoms with Crippen LogP contribution in [0.25, 0.3) is 101 Å². The smallest absolute Gasteiger partial charge is 0.152 e. The predicted octanol–water partition coefficient (Wildman–Crippen LogP) is 33.2. The van der Waals surface area contributed by atoms with E-state index < -0.39 is 29.3 Å². The number of nitrogens with zero attached hydrogens (tertiary/aromatic N) is 10. The zero-order valence-corrected chi connectivity index (χ0v) is 91.4. The van der Waals surface area contributed by atoms with Gasteiger partial charge in [-0.1, -0.05) is 330 Å². The zero-order chi connectivity index (χ0) is 102. The Kier molecular flexibility index (Phi) is 33.9. The van der Waals surface area contributed by atoms with Crippen LogP contribution in [0.2, 0.25) is 0 Å². The van der Waals surface area contributed by atoms with E-state index in [-0.39, 0.29) is 147 Å². The second kappa shape index (κ2) is 45.3. The van der Waals surface area contributed by atoms with Crippen molar-refractivity contribution in [2.45, 2.75) is 157 Å². The number of aromatic nitrogens is 7. The van der Waals surface area contributed by atoms with Gasteiger partial charge in [-0.05, 0) is 255 Å². The first-order valence-electron chi connectivity index (χ1n) is 47.6. The minimum atomic E-state index is -1.06. The number of aromatic hydroxyl groups is 3. The van der Waals surface area contributed by atoms with Gasteiger partial charge < -0.3 is 30.0 Å². The Labute approximate surface area is 896 Å². The number of rotatable bonds is 18. The SMILES string of the molecule is CC(C)(C)c1cc(-c2cc(-c3[c-]c(N(c4ccccc4)c4ccccn4)c(F)cc3F)nc(-c3ccccc3O)c2)cc(C(C)(C)C)c1.CC(C)(C)c1cc(-c2cc(-c3[c-]c(N(c4ccccc4)c4ccccn4)c(F)nc3F)nc(-c3ccccc3O)c2)cc(C(C)(C)C)c1.CC(C)(C)c1cc(-c2cc(-c3[c-]c(N(c4ccccc4)c4ccccn4)cc(F)c3)nc(-c3ccccc3O)c2)cc(C(C)(C)C)c1.[Pt].[Pt].[Pt]. The molecule has 7 heterocycles. The average molecular weight is 2480 g/mol. The van der Waals surface area contributed by atoms with Gasteiger partial charge in [0.05, 0.1) is 22.9 Å². The zero-order valence-electron chi connectivity index (χ0n) is 84.6. The number of benzene rings is 11. The van der Waals surface area contributed by atoms with E-state index in [9.17, 15) is 15.3 Å². The molecule has 0 saturated heterocycles. The van der Waals surface area contributed by atoms with E-state index in [1.54, 1.807) is 132 Å². The van der Waals surface area contributed by atoms with Crippen LogP contribution >= 0.6 is 0 Å². The second-order valence-corrected chi connectivity index (χ2v) is 41.7. The average Bonchev–Trinajstić information content (AvgIpc) is 0.732. The first-order chi connectivity index (χ1) is 67.9. The van der Waals surface area contributed by atoms with Crippen molar-refractivity contribution >= 4 is 51.6 Å². The Balaban J connectivity index is 0.000000181. The van der Waals surface area contributed by atoms with Gasteiger partial charge in [0.25, 0.3) is 0 Å². The number of hydrogen-bond acceptors (Lipinski definition) is 13. The van der Waals surface area contributed by atoms with Gasteiger partial charge >= 0.3 is 0 Å². The van der Waals surface area contributed by atoms with Crippen LogP contribution in [0.3, 0.4) is 0 Å². The minimum absolute atomic E-state index is 0. The van der Waals surface area contributed by atoms with Crippen LogP contribution in [0.1, 0.15) is 158 Å². The van der Waals surface area contributed by atoms with Gasteiger partial charge in [-0.3, -0.25) is 28.7 Å². The molecule has 750 valence electrons. The van der Waals surface area contributed by atoms with Crippen molar-refractivity contribution in [2.75, 3.05) is 14.7 Å². The molecule has 0 unspecified atom stereocenters. The van der Waals surface area contributed by atoms with Crippen LogP contribution in [0.5, 0.6) is 17.2 Å². The molecule has 0 bridgehead atoms. The third kappa shape index (κ3) is 25.5. The number of anilines is 9. The molecular weight excluding hydrogens is 2370 g/mol. The summed E-state index contributed by atoms with van der Waals surface area (Å²) < 4.78 is 79.0. The number of para-hydroxylation sites is 6. The predicted molar refractivity (Wildman–Crippen MR) is 570 cm³/mol. The van der Waals surface area contributed by atoms with Crippen molar-refractivity contribution in [3.63, 3.8) is 0 Å². The fourth-order valence-electron chi connectivity index (χ4n) is 16.6. The summed E-state index contributed by atoms with van der Waals surface area (Å²) in [6.07, 6.45) is 4.93. The summed E-state index contributed by atoms with van der Waals surface area (Å²) in [6.45, 7) is 39.3. The summed E-state index contributed by atoms with van der Waals surface area (Å²) in [5.74, 6) is -2.45. The number of phenols is 3. The molecule has 13 nitrogen and oxygen atoms in total. The summed E-state index contributed by atoms with van der Waals surface area (Å²) >= 11 is 0. The summed E-state index contributed by atoms with van der Waals surface area (Å²) in [7, 11) is 0. The van der Waals surface area contributed by atoms with Gasteiger partial charge in [0, 0.05) is 133 Å². The van der Waals surface area contributed by atoms with Gasteiger partial charge in [-0.25, -0.2) is 28.1 Å². The van der Waals surface area contributed by atoms with E-state index in [2.05, 4.69) is 217 Å². The van der Waals surface area contributed by atoms with Crippen LogP contribution in [0.4, 0.5) is 73.5 Å². The molecule has 0 aliphatic carbocycles. The molecule has 0 aliphatic heterocycles. The van der Waals surface area contributed by atoms with Crippen LogP contribution in [0.15, 0.2) is 346 Å². The van der Waals surface area contributed by atoms with Crippen molar-refractivity contribution in [3.8, 4) is 118 Å². The second-order valence-electron chi connectivity index (χ2n) is 41.7. The fourth-order valence-corrected chi connectivity index (χ4v) is 16.6. The molecule has 0 atom stereocenters. The molecule has 0 saturated carbocycles. The molecule has 3 N–H and O–H groups in total. The molecule has 0 fully saturated rings. The molecule has 0 radical (unpaired) electrons. The van der Waals surface area contributed by atoms with Crippen molar-refractivity contribution in [1.29, 1.82) is 0 Å². The Morgan fingerprint density at radius 2 is 0.534 bits per heavy atom. The molecule has 11 aromatic carbocycles. The third-order valence-electron chi connectivity index (χ3n) is 24.8. The Hall–Kier alpha value is -14.0. The molecule has 18 rings (SSSR count).